The maximum Gasteiger partial charge on any atom is 0.411 e. The molecule has 4 heterocycles. The van der Waals surface area contributed by atoms with Crippen LogP contribution < -0.4 is 15.6 Å². The second kappa shape index (κ2) is 8.98. The quantitative estimate of drug-likeness (QED) is 0.425. The van der Waals surface area contributed by atoms with E-state index in [1.807, 2.05) is 5.32 Å². The van der Waals surface area contributed by atoms with E-state index in [-0.39, 0.29) is 42.8 Å². The lowest BCUT2D eigenvalue weighted by Gasteiger charge is -2.33. The van der Waals surface area contributed by atoms with Gasteiger partial charge in [-0.05, 0) is 37.8 Å². The number of amides is 1. The van der Waals surface area contributed by atoms with E-state index >= 15 is 0 Å². The number of hydrogen-bond acceptors (Lipinski definition) is 7. The Kier molecular flexibility index (Phi) is 6.14. The molecule has 2 aliphatic rings. The molecule has 1 saturated heterocycles. The van der Waals surface area contributed by atoms with Crippen molar-refractivity contribution in [1.82, 2.24) is 19.9 Å². The van der Waals surface area contributed by atoms with Crippen LogP contribution in [0, 0.1) is 17.6 Å². The van der Waals surface area contributed by atoms with Gasteiger partial charge in [0, 0.05) is 25.4 Å². The lowest BCUT2D eigenvalue weighted by atomic mass is 9.94. The van der Waals surface area contributed by atoms with Crippen LogP contribution in [-0.2, 0) is 0 Å². The van der Waals surface area contributed by atoms with Crippen molar-refractivity contribution in [2.24, 2.45) is 5.92 Å². The summed E-state index contributed by atoms with van der Waals surface area (Å²) in [6.45, 7) is 0.853. The molecule has 1 aliphatic carbocycles. The van der Waals surface area contributed by atoms with Crippen molar-refractivity contribution in [3.05, 3.63) is 58.0 Å². The minimum absolute atomic E-state index is 0.00471. The molecular weight excluding hydrogens is 517 g/mol. The number of halogens is 5. The number of aromatic nitrogens is 3. The highest BCUT2D eigenvalue weighted by Crippen LogP contribution is 2.48. The average Bonchev–Trinajstić information content (AvgIpc) is 3.64. The summed E-state index contributed by atoms with van der Waals surface area (Å²) in [7, 11) is 0. The van der Waals surface area contributed by atoms with E-state index in [4.69, 9.17) is 0 Å². The number of pyridine rings is 3. The van der Waals surface area contributed by atoms with Gasteiger partial charge in [-0.25, -0.2) is 18.7 Å². The van der Waals surface area contributed by atoms with Gasteiger partial charge in [-0.1, -0.05) is 0 Å². The van der Waals surface area contributed by atoms with Gasteiger partial charge in [0.25, 0.3) is 5.91 Å². The number of aliphatic hydroxyl groups is 2. The zero-order valence-electron chi connectivity index (χ0n) is 19.8. The fourth-order valence-corrected chi connectivity index (χ4v) is 4.60. The van der Waals surface area contributed by atoms with Crippen molar-refractivity contribution in [2.75, 3.05) is 18.0 Å². The number of nitrogens with zero attached hydrogens (tertiary/aromatic N) is 4. The number of β-amino-alcohol motifs (C(OH)–C–C–N with tert-alkyl or cyclic N) is 2. The molecule has 1 amide bonds. The van der Waals surface area contributed by atoms with Gasteiger partial charge >= 0.3 is 6.18 Å². The van der Waals surface area contributed by atoms with E-state index in [0.717, 1.165) is 17.7 Å². The molecule has 3 aromatic rings. The first kappa shape index (κ1) is 26.0. The van der Waals surface area contributed by atoms with Gasteiger partial charge in [-0.15, -0.1) is 0 Å². The van der Waals surface area contributed by atoms with Crippen molar-refractivity contribution < 1.29 is 37.0 Å². The van der Waals surface area contributed by atoms with Gasteiger partial charge in [-0.2, -0.15) is 13.2 Å². The SMILES string of the molecule is CC(NC(=O)c1cn(-c2ncc(F)cc2F)c2nc(N3C[C@@H](O)[C@H](O)C3)ccc2c1=O)(C1CC1)C(F)(F)F. The largest absolute Gasteiger partial charge is 0.411 e. The summed E-state index contributed by atoms with van der Waals surface area (Å²) in [5.41, 5.74) is -4.49. The first-order chi connectivity index (χ1) is 17.8. The van der Waals surface area contributed by atoms with Crippen LogP contribution in [0.3, 0.4) is 0 Å². The van der Waals surface area contributed by atoms with Gasteiger partial charge in [0.05, 0.1) is 23.8 Å². The van der Waals surface area contributed by atoms with Crippen LogP contribution in [0.4, 0.5) is 27.8 Å². The van der Waals surface area contributed by atoms with E-state index in [1.54, 1.807) is 0 Å². The summed E-state index contributed by atoms with van der Waals surface area (Å²) in [4.78, 5) is 35.9. The highest BCUT2D eigenvalue weighted by atomic mass is 19.4. The number of aliphatic hydroxyl groups excluding tert-OH is 2. The van der Waals surface area contributed by atoms with Crippen molar-refractivity contribution in [1.29, 1.82) is 0 Å². The number of anilines is 1. The van der Waals surface area contributed by atoms with Crippen LogP contribution in [-0.4, -0.2) is 67.7 Å². The van der Waals surface area contributed by atoms with E-state index in [2.05, 4.69) is 9.97 Å². The fourth-order valence-electron chi connectivity index (χ4n) is 4.60. The molecule has 0 spiro atoms. The first-order valence-corrected chi connectivity index (χ1v) is 11.7. The second-order valence-corrected chi connectivity index (χ2v) is 9.71. The van der Waals surface area contributed by atoms with Crippen LogP contribution in [0.5, 0.6) is 0 Å². The number of fused-ring (bicyclic) bond motifs is 1. The Labute approximate surface area is 211 Å². The van der Waals surface area contributed by atoms with Gasteiger partial charge in [0.15, 0.2) is 17.3 Å². The molecular formula is C24H22F5N5O4. The highest BCUT2D eigenvalue weighted by molar-refractivity contribution is 5.97. The summed E-state index contributed by atoms with van der Waals surface area (Å²) < 4.78 is 70.8. The smallest absolute Gasteiger partial charge is 0.389 e. The Bertz CT molecular complexity index is 1480. The van der Waals surface area contributed by atoms with Crippen LogP contribution in [0.1, 0.15) is 30.1 Å². The molecule has 2 fully saturated rings. The Morgan fingerprint density at radius 3 is 2.37 bits per heavy atom. The molecule has 3 N–H and O–H groups in total. The molecule has 3 atom stereocenters. The molecule has 5 rings (SSSR count). The normalized spacial score (nSPS) is 21.5. The molecule has 0 aromatic carbocycles. The average molecular weight is 539 g/mol. The molecule has 3 aromatic heterocycles. The van der Waals surface area contributed by atoms with Gasteiger partial charge in [0.2, 0.25) is 5.43 Å². The summed E-state index contributed by atoms with van der Waals surface area (Å²) in [6, 6.07) is 3.12. The zero-order valence-corrected chi connectivity index (χ0v) is 19.8. The number of rotatable bonds is 5. The number of nitrogens with one attached hydrogen (secondary N) is 1. The zero-order chi connectivity index (χ0) is 27.6. The topological polar surface area (TPSA) is 121 Å². The number of carbonyl (C=O) groups is 1. The van der Waals surface area contributed by atoms with E-state index in [0.29, 0.717) is 12.3 Å². The minimum Gasteiger partial charge on any atom is -0.389 e. The van der Waals surface area contributed by atoms with Crippen LogP contribution >= 0.6 is 0 Å². The third kappa shape index (κ3) is 4.36. The predicted molar refractivity (Wildman–Crippen MR) is 124 cm³/mol. The Morgan fingerprint density at radius 2 is 1.79 bits per heavy atom. The Hall–Kier alpha value is -3.65. The molecule has 0 bridgehead atoms. The lowest BCUT2D eigenvalue weighted by Crippen LogP contribution is -2.58. The predicted octanol–water partition coefficient (Wildman–Crippen LogP) is 2.06. The maximum atomic E-state index is 14.8. The van der Waals surface area contributed by atoms with E-state index in [1.165, 1.54) is 17.0 Å². The Balaban J connectivity index is 1.67. The maximum absolute atomic E-state index is 14.8. The second-order valence-electron chi connectivity index (χ2n) is 9.71. The first-order valence-electron chi connectivity index (χ1n) is 11.7. The molecule has 1 unspecified atom stereocenters. The third-order valence-electron chi connectivity index (χ3n) is 7.04. The van der Waals surface area contributed by atoms with Gasteiger partial charge in [0.1, 0.15) is 22.7 Å². The molecule has 9 nitrogen and oxygen atoms in total. The highest BCUT2D eigenvalue weighted by Gasteiger charge is 2.60. The summed E-state index contributed by atoms with van der Waals surface area (Å²) >= 11 is 0. The number of alkyl halides is 3. The molecule has 1 aliphatic heterocycles. The van der Waals surface area contributed by atoms with Gasteiger partial charge in [-0.3, -0.25) is 14.2 Å². The Morgan fingerprint density at radius 1 is 1.13 bits per heavy atom. The standard InChI is InChI=1S/C24H22F5N5O4/c1-23(11-2-3-11,24(27,28)29)32-22(38)14-8-34(21-15(26)6-12(25)7-30-21)20-13(19(14)37)4-5-18(31-20)33-9-16(35)17(36)10-33/h4-8,11,16-17,35-36H,2-3,9-10H2,1H3,(H,32,38)/t16-,17-,23?/m1/s1. The van der Waals surface area contributed by atoms with Crippen LogP contribution in [0.25, 0.3) is 16.9 Å². The number of hydrogen-bond donors (Lipinski definition) is 3. The summed E-state index contributed by atoms with van der Waals surface area (Å²) in [6.07, 6.45) is -4.93. The molecule has 14 heteroatoms. The molecule has 1 saturated carbocycles. The van der Waals surface area contributed by atoms with Crippen LogP contribution in [0.2, 0.25) is 0 Å². The molecule has 0 radical (unpaired) electrons. The van der Waals surface area contributed by atoms with Crippen molar-refractivity contribution in [3.63, 3.8) is 0 Å². The molecule has 202 valence electrons. The monoisotopic (exact) mass is 539 g/mol. The lowest BCUT2D eigenvalue weighted by molar-refractivity contribution is -0.194. The third-order valence-corrected chi connectivity index (χ3v) is 7.04. The summed E-state index contributed by atoms with van der Waals surface area (Å²) in [5.74, 6) is -4.75. The van der Waals surface area contributed by atoms with Crippen molar-refractivity contribution in [3.8, 4) is 5.82 Å². The van der Waals surface area contributed by atoms with Crippen LogP contribution in [0.15, 0.2) is 35.4 Å². The minimum atomic E-state index is -4.80. The summed E-state index contributed by atoms with van der Waals surface area (Å²) in [5, 5.41) is 21.5. The fraction of sp³-hybridized carbons (Fsp3) is 0.417. The van der Waals surface area contributed by atoms with Crippen molar-refractivity contribution in [2.45, 2.75) is 43.7 Å². The number of carbonyl (C=O) groups excluding carboxylic acids is 1. The van der Waals surface area contributed by atoms with Crippen molar-refractivity contribution >= 4 is 22.8 Å². The molecule has 38 heavy (non-hydrogen) atoms. The van der Waals surface area contributed by atoms with E-state index < -0.39 is 64.2 Å². The van der Waals surface area contributed by atoms with E-state index in [9.17, 15) is 41.8 Å². The van der Waals surface area contributed by atoms with Gasteiger partial charge < -0.3 is 20.4 Å².